The monoisotopic (exact) mass is 514 g/mol. The summed E-state index contributed by atoms with van der Waals surface area (Å²) in [4.78, 5) is 12.6. The van der Waals surface area contributed by atoms with E-state index in [1.807, 2.05) is 31.2 Å². The van der Waals surface area contributed by atoms with Crippen molar-refractivity contribution >= 4 is 5.97 Å². The van der Waals surface area contributed by atoms with Crippen molar-refractivity contribution in [3.8, 4) is 11.5 Å². The number of esters is 1. The highest BCUT2D eigenvalue weighted by Gasteiger charge is 2.33. The van der Waals surface area contributed by atoms with Gasteiger partial charge in [0.25, 0.3) is 0 Å². The quantitative estimate of drug-likeness (QED) is 0.170. The first-order valence-corrected chi connectivity index (χ1v) is 14.1. The summed E-state index contributed by atoms with van der Waals surface area (Å²) in [7, 11) is 0. The minimum atomic E-state index is -0.328. The van der Waals surface area contributed by atoms with Crippen LogP contribution in [0.15, 0.2) is 71.3 Å². The topological polar surface area (TPSA) is 35.5 Å². The Morgan fingerprint density at radius 3 is 2.21 bits per heavy atom. The molecule has 0 fully saturated rings. The molecule has 1 atom stereocenters. The maximum absolute atomic E-state index is 12.6. The molecule has 1 aliphatic rings. The standard InChI is InChI=1S/C35H46O3/c1-25(2)14-11-15-26(3)16-12-17-27(4)18-13-22-35(7)23-21-31-24-32(28(5)29(6)33(31)38-35)37-34(36)30-19-9-8-10-20-30/h8-10,14,16,18-20,24H,11-13,15,17,21-23H2,1-7H3/b26-16+,27-18+/t35-/m1/s1. The van der Waals surface area contributed by atoms with Gasteiger partial charge in [0.1, 0.15) is 17.1 Å². The molecule has 0 saturated carbocycles. The number of fused-ring (bicyclic) bond motifs is 1. The molecule has 0 unspecified atom stereocenters. The molecule has 1 aliphatic heterocycles. The molecule has 3 rings (SSSR count). The molecule has 0 bridgehead atoms. The van der Waals surface area contributed by atoms with Gasteiger partial charge in [0, 0.05) is 0 Å². The second-order valence-corrected chi connectivity index (χ2v) is 11.4. The lowest BCUT2D eigenvalue weighted by Gasteiger charge is -2.37. The van der Waals surface area contributed by atoms with Gasteiger partial charge in [0.15, 0.2) is 0 Å². The molecule has 2 aromatic rings. The van der Waals surface area contributed by atoms with Gasteiger partial charge in [-0.05, 0) is 135 Å². The summed E-state index contributed by atoms with van der Waals surface area (Å²) in [6, 6.07) is 11.1. The van der Waals surface area contributed by atoms with Crippen molar-refractivity contribution in [2.24, 2.45) is 0 Å². The van der Waals surface area contributed by atoms with Crippen molar-refractivity contribution in [1.29, 1.82) is 0 Å². The Morgan fingerprint density at radius 1 is 0.921 bits per heavy atom. The molecule has 0 saturated heterocycles. The highest BCUT2D eigenvalue weighted by atomic mass is 16.5. The fourth-order valence-corrected chi connectivity index (χ4v) is 4.93. The molecule has 3 heteroatoms. The van der Waals surface area contributed by atoms with Crippen molar-refractivity contribution in [2.75, 3.05) is 0 Å². The Bertz CT molecular complexity index is 1200. The molecule has 3 nitrogen and oxygen atoms in total. The van der Waals surface area contributed by atoms with E-state index in [0.717, 1.165) is 73.8 Å². The van der Waals surface area contributed by atoms with Crippen molar-refractivity contribution in [3.63, 3.8) is 0 Å². The van der Waals surface area contributed by atoms with Gasteiger partial charge in [-0.1, -0.05) is 53.1 Å². The summed E-state index contributed by atoms with van der Waals surface area (Å²) in [5.74, 6) is 1.26. The largest absolute Gasteiger partial charge is 0.487 e. The Labute approximate surface area is 230 Å². The van der Waals surface area contributed by atoms with E-state index in [4.69, 9.17) is 9.47 Å². The summed E-state index contributed by atoms with van der Waals surface area (Å²) in [6.07, 6.45) is 15.5. The van der Waals surface area contributed by atoms with Crippen LogP contribution in [-0.2, 0) is 6.42 Å². The van der Waals surface area contributed by atoms with Crippen molar-refractivity contribution in [1.82, 2.24) is 0 Å². The first-order valence-electron chi connectivity index (χ1n) is 14.1. The summed E-state index contributed by atoms with van der Waals surface area (Å²) < 4.78 is 12.4. The third kappa shape index (κ3) is 8.48. The Balaban J connectivity index is 1.55. The van der Waals surface area contributed by atoms with E-state index in [1.165, 1.54) is 16.7 Å². The fraction of sp³-hybridized carbons (Fsp3) is 0.457. The van der Waals surface area contributed by atoms with Gasteiger partial charge < -0.3 is 9.47 Å². The smallest absolute Gasteiger partial charge is 0.343 e. The van der Waals surface area contributed by atoms with Gasteiger partial charge in [0.05, 0.1) is 5.56 Å². The minimum Gasteiger partial charge on any atom is -0.487 e. The van der Waals surface area contributed by atoms with Gasteiger partial charge in [-0.15, -0.1) is 0 Å². The predicted molar refractivity (Wildman–Crippen MR) is 159 cm³/mol. The molecule has 0 radical (unpaired) electrons. The van der Waals surface area contributed by atoms with Crippen molar-refractivity contribution in [3.05, 3.63) is 93.6 Å². The van der Waals surface area contributed by atoms with Crippen LogP contribution in [0.25, 0.3) is 0 Å². The van der Waals surface area contributed by atoms with Crippen molar-refractivity contribution in [2.45, 2.75) is 105 Å². The number of rotatable bonds is 11. The molecule has 0 spiro atoms. The molecule has 204 valence electrons. The first-order chi connectivity index (χ1) is 18.1. The lowest BCUT2D eigenvalue weighted by Crippen LogP contribution is -2.36. The van der Waals surface area contributed by atoms with Gasteiger partial charge in [-0.3, -0.25) is 0 Å². The predicted octanol–water partition coefficient (Wildman–Crippen LogP) is 9.81. The van der Waals surface area contributed by atoms with E-state index in [9.17, 15) is 4.79 Å². The van der Waals surface area contributed by atoms with Crippen LogP contribution in [0.3, 0.4) is 0 Å². The molecule has 0 N–H and O–H groups in total. The molecular weight excluding hydrogens is 468 g/mol. The molecular formula is C35H46O3. The summed E-state index contributed by atoms with van der Waals surface area (Å²) >= 11 is 0. The Hall–Kier alpha value is -3.07. The number of hydrogen-bond acceptors (Lipinski definition) is 3. The van der Waals surface area contributed by atoms with E-state index in [-0.39, 0.29) is 11.6 Å². The van der Waals surface area contributed by atoms with E-state index in [2.05, 4.69) is 59.8 Å². The second kappa shape index (κ2) is 13.6. The average molecular weight is 515 g/mol. The number of allylic oxidation sites excluding steroid dienone is 6. The number of ether oxygens (including phenoxy) is 2. The molecule has 38 heavy (non-hydrogen) atoms. The van der Waals surface area contributed by atoms with E-state index < -0.39 is 0 Å². The lowest BCUT2D eigenvalue weighted by atomic mass is 9.86. The average Bonchev–Trinajstić information content (AvgIpc) is 2.88. The summed E-state index contributed by atoms with van der Waals surface area (Å²) in [6.45, 7) is 15.1. The second-order valence-electron chi connectivity index (χ2n) is 11.4. The van der Waals surface area contributed by atoms with Gasteiger partial charge in [-0.25, -0.2) is 4.79 Å². The highest BCUT2D eigenvalue weighted by Crippen LogP contribution is 2.42. The molecule has 0 aliphatic carbocycles. The van der Waals surface area contributed by atoms with Crippen LogP contribution in [0.1, 0.15) is 107 Å². The number of carbonyl (C=O) groups is 1. The van der Waals surface area contributed by atoms with Crippen LogP contribution < -0.4 is 9.47 Å². The molecule has 0 aromatic heterocycles. The van der Waals surface area contributed by atoms with Gasteiger partial charge in [-0.2, -0.15) is 0 Å². The van der Waals surface area contributed by atoms with Crippen LogP contribution in [0, 0.1) is 13.8 Å². The first kappa shape index (κ1) is 29.5. The molecule has 2 aromatic carbocycles. The van der Waals surface area contributed by atoms with Crippen LogP contribution in [0.4, 0.5) is 0 Å². The normalized spacial score (nSPS) is 17.4. The number of benzene rings is 2. The Morgan fingerprint density at radius 2 is 1.55 bits per heavy atom. The van der Waals surface area contributed by atoms with Crippen molar-refractivity contribution < 1.29 is 14.3 Å². The third-order valence-corrected chi connectivity index (χ3v) is 7.64. The summed E-state index contributed by atoms with van der Waals surface area (Å²) in [5.41, 5.74) is 7.84. The maximum atomic E-state index is 12.6. The zero-order valence-electron chi connectivity index (χ0n) is 24.6. The van der Waals surface area contributed by atoms with E-state index in [1.54, 1.807) is 12.1 Å². The van der Waals surface area contributed by atoms with Crippen LogP contribution in [0.5, 0.6) is 11.5 Å². The number of aryl methyl sites for hydroxylation is 1. The van der Waals surface area contributed by atoms with Gasteiger partial charge in [0.2, 0.25) is 0 Å². The lowest BCUT2D eigenvalue weighted by molar-refractivity contribution is 0.0556. The maximum Gasteiger partial charge on any atom is 0.343 e. The fourth-order valence-electron chi connectivity index (χ4n) is 4.93. The number of carbonyl (C=O) groups excluding carboxylic acids is 1. The van der Waals surface area contributed by atoms with Crippen LogP contribution >= 0.6 is 0 Å². The third-order valence-electron chi connectivity index (χ3n) is 7.64. The van der Waals surface area contributed by atoms with Crippen LogP contribution in [0.2, 0.25) is 0 Å². The zero-order chi connectivity index (χ0) is 27.7. The highest BCUT2D eigenvalue weighted by molar-refractivity contribution is 5.91. The van der Waals surface area contributed by atoms with E-state index in [0.29, 0.717) is 11.3 Å². The van der Waals surface area contributed by atoms with E-state index >= 15 is 0 Å². The molecule has 0 amide bonds. The van der Waals surface area contributed by atoms with Gasteiger partial charge >= 0.3 is 5.97 Å². The number of hydrogen-bond donors (Lipinski definition) is 0. The minimum absolute atomic E-state index is 0.190. The zero-order valence-corrected chi connectivity index (χ0v) is 24.6. The SMILES string of the molecule is CC(C)=CCC/C(C)=C/CC/C(C)=C/CC[C@]1(C)CCc2cc(OC(=O)c3ccccc3)c(C)c(C)c2O1. The molecule has 1 heterocycles. The summed E-state index contributed by atoms with van der Waals surface area (Å²) in [5, 5.41) is 0. The van der Waals surface area contributed by atoms with Crippen LogP contribution in [-0.4, -0.2) is 11.6 Å². The Kier molecular flexibility index (Phi) is 10.6.